The molecule has 0 heterocycles. The van der Waals surface area contributed by atoms with Gasteiger partial charge in [0.25, 0.3) is 0 Å². The number of hydrogen-bond donors (Lipinski definition) is 0. The minimum absolute atomic E-state index is 1.13. The summed E-state index contributed by atoms with van der Waals surface area (Å²) in [4.78, 5) is 4.60. The van der Waals surface area contributed by atoms with Gasteiger partial charge in [-0.05, 0) is 57.3 Å². The normalized spacial score (nSPS) is 10.9. The molecule has 1 atom stereocenters. The van der Waals surface area contributed by atoms with Crippen molar-refractivity contribution in [1.82, 2.24) is 4.90 Å². The smallest absolute Gasteiger partial charge is 0.0393 e. The molecule has 0 aliphatic carbocycles. The summed E-state index contributed by atoms with van der Waals surface area (Å²) in [6.07, 6.45) is 2.51. The van der Waals surface area contributed by atoms with E-state index in [1.54, 1.807) is 0 Å². The van der Waals surface area contributed by atoms with Gasteiger partial charge in [0.1, 0.15) is 0 Å². The van der Waals surface area contributed by atoms with Gasteiger partial charge in [0.05, 0.1) is 0 Å². The molecule has 0 spiro atoms. The van der Waals surface area contributed by atoms with Crippen LogP contribution in [0, 0.1) is 6.92 Å². The molecule has 96 valence electrons. The Morgan fingerprint density at radius 2 is 1.71 bits per heavy atom. The average molecular weight is 252 g/mol. The first kappa shape index (κ1) is 14.5. The maximum Gasteiger partial charge on any atom is 0.0393 e. The number of aryl methyl sites for hydroxylation is 1. The van der Waals surface area contributed by atoms with Crippen LogP contribution in [0.2, 0.25) is 0 Å². The van der Waals surface area contributed by atoms with Gasteiger partial charge >= 0.3 is 0 Å². The van der Waals surface area contributed by atoms with E-state index in [4.69, 9.17) is 0 Å². The molecule has 1 aromatic carbocycles. The van der Waals surface area contributed by atoms with Crippen molar-refractivity contribution in [2.75, 3.05) is 39.1 Å². The van der Waals surface area contributed by atoms with Crippen LogP contribution in [-0.2, 0) is 0 Å². The van der Waals surface area contributed by atoms with Crippen molar-refractivity contribution in [3.8, 4) is 0 Å². The van der Waals surface area contributed by atoms with E-state index in [-0.39, 0.29) is 0 Å². The van der Waals surface area contributed by atoms with Crippen LogP contribution in [0.4, 0.5) is 5.69 Å². The lowest BCUT2D eigenvalue weighted by atomic mass is 10.1. The standard InChI is InChI=1S/C14H25N2P/c1-12-11-13(17)7-8-14(12)16(4)10-6-5-9-15(2)3/h7-8,11H,5-6,9-10,17H2,1-4H3. The Labute approximate surface area is 108 Å². The first-order chi connectivity index (χ1) is 8.00. The molecule has 0 radical (unpaired) electrons. The highest BCUT2D eigenvalue weighted by Gasteiger charge is 2.04. The van der Waals surface area contributed by atoms with Gasteiger partial charge in [0, 0.05) is 19.3 Å². The van der Waals surface area contributed by atoms with Crippen molar-refractivity contribution < 1.29 is 0 Å². The molecule has 0 saturated heterocycles. The highest BCUT2D eigenvalue weighted by atomic mass is 31.0. The van der Waals surface area contributed by atoms with Crippen LogP contribution in [0.3, 0.4) is 0 Å². The van der Waals surface area contributed by atoms with E-state index >= 15 is 0 Å². The molecular weight excluding hydrogens is 227 g/mol. The Bertz CT molecular complexity index is 350. The molecule has 1 rings (SSSR count). The highest BCUT2D eigenvalue weighted by Crippen LogP contribution is 2.18. The Morgan fingerprint density at radius 3 is 2.29 bits per heavy atom. The first-order valence-corrected chi connectivity index (χ1v) is 6.80. The van der Waals surface area contributed by atoms with E-state index < -0.39 is 0 Å². The second kappa shape index (κ2) is 6.98. The van der Waals surface area contributed by atoms with Gasteiger partial charge < -0.3 is 9.80 Å². The van der Waals surface area contributed by atoms with Gasteiger partial charge in [0.2, 0.25) is 0 Å². The van der Waals surface area contributed by atoms with Crippen molar-refractivity contribution in [2.45, 2.75) is 19.8 Å². The summed E-state index contributed by atoms with van der Waals surface area (Å²) in [5, 5.41) is 1.26. The van der Waals surface area contributed by atoms with Crippen molar-refractivity contribution in [3.63, 3.8) is 0 Å². The third-order valence-corrected chi connectivity index (χ3v) is 3.34. The molecule has 0 N–H and O–H groups in total. The van der Waals surface area contributed by atoms with Crippen LogP contribution in [0.5, 0.6) is 0 Å². The molecule has 0 fully saturated rings. The molecular formula is C14H25N2P. The molecule has 0 aliphatic heterocycles. The lowest BCUT2D eigenvalue weighted by Gasteiger charge is -2.22. The molecule has 0 bridgehead atoms. The number of nitrogens with zero attached hydrogens (tertiary/aromatic N) is 2. The molecule has 0 saturated carbocycles. The fourth-order valence-electron chi connectivity index (χ4n) is 2.00. The van der Waals surface area contributed by atoms with Crippen molar-refractivity contribution in [1.29, 1.82) is 0 Å². The van der Waals surface area contributed by atoms with Crippen molar-refractivity contribution in [2.24, 2.45) is 0 Å². The average Bonchev–Trinajstić information content (AvgIpc) is 2.23. The van der Waals surface area contributed by atoms with Crippen LogP contribution in [0.25, 0.3) is 0 Å². The zero-order valence-electron chi connectivity index (χ0n) is 11.5. The number of rotatable bonds is 6. The zero-order valence-corrected chi connectivity index (χ0v) is 12.7. The zero-order chi connectivity index (χ0) is 12.8. The van der Waals surface area contributed by atoms with Gasteiger partial charge in [0.15, 0.2) is 0 Å². The summed E-state index contributed by atoms with van der Waals surface area (Å²) < 4.78 is 0. The maximum atomic E-state index is 2.75. The summed E-state index contributed by atoms with van der Waals surface area (Å²) in [7, 11) is 9.19. The van der Waals surface area contributed by atoms with Crippen LogP contribution < -0.4 is 10.2 Å². The predicted octanol–water partition coefficient (Wildman–Crippen LogP) is 2.27. The van der Waals surface area contributed by atoms with Crippen LogP contribution >= 0.6 is 9.24 Å². The number of hydrogen-bond acceptors (Lipinski definition) is 2. The molecule has 17 heavy (non-hydrogen) atoms. The second-order valence-electron chi connectivity index (χ2n) is 4.98. The van der Waals surface area contributed by atoms with Gasteiger partial charge in [-0.25, -0.2) is 0 Å². The Morgan fingerprint density at radius 1 is 1.06 bits per heavy atom. The van der Waals surface area contributed by atoms with Crippen molar-refractivity contribution >= 4 is 20.2 Å². The minimum Gasteiger partial charge on any atom is -0.374 e. The molecule has 0 amide bonds. The van der Waals surface area contributed by atoms with Gasteiger partial charge in [-0.2, -0.15) is 0 Å². The summed E-state index contributed by atoms with van der Waals surface area (Å²) in [5.41, 5.74) is 2.70. The van der Waals surface area contributed by atoms with Gasteiger partial charge in [-0.1, -0.05) is 12.1 Å². The minimum atomic E-state index is 1.13. The SMILES string of the molecule is Cc1cc(P)ccc1N(C)CCCCN(C)C. The quantitative estimate of drug-likeness (QED) is 0.566. The van der Waals surface area contributed by atoms with E-state index in [0.29, 0.717) is 0 Å². The first-order valence-electron chi connectivity index (χ1n) is 6.22. The summed E-state index contributed by atoms with van der Waals surface area (Å²) in [6.45, 7) is 4.49. The third kappa shape index (κ3) is 5.06. The lowest BCUT2D eigenvalue weighted by molar-refractivity contribution is 0.395. The van der Waals surface area contributed by atoms with Crippen molar-refractivity contribution in [3.05, 3.63) is 23.8 Å². The topological polar surface area (TPSA) is 6.48 Å². The Balaban J connectivity index is 2.44. The van der Waals surface area contributed by atoms with Crippen LogP contribution in [0.1, 0.15) is 18.4 Å². The molecule has 1 unspecified atom stereocenters. The van der Waals surface area contributed by atoms with E-state index in [9.17, 15) is 0 Å². The summed E-state index contributed by atoms with van der Waals surface area (Å²) in [6, 6.07) is 6.59. The fraction of sp³-hybridized carbons (Fsp3) is 0.571. The molecule has 2 nitrogen and oxygen atoms in total. The molecule has 0 aliphatic rings. The van der Waals surface area contributed by atoms with Gasteiger partial charge in [-0.3, -0.25) is 0 Å². The predicted molar refractivity (Wildman–Crippen MR) is 81.6 cm³/mol. The largest absolute Gasteiger partial charge is 0.374 e. The fourth-order valence-corrected chi connectivity index (χ4v) is 2.35. The summed E-state index contributed by atoms with van der Waals surface area (Å²) >= 11 is 0. The van der Waals surface area contributed by atoms with Gasteiger partial charge in [-0.15, -0.1) is 9.24 Å². The van der Waals surface area contributed by atoms with Crippen LogP contribution in [-0.4, -0.2) is 39.1 Å². The Kier molecular flexibility index (Phi) is 5.94. The monoisotopic (exact) mass is 252 g/mol. The van der Waals surface area contributed by atoms with E-state index in [1.807, 2.05) is 0 Å². The second-order valence-corrected chi connectivity index (χ2v) is 5.64. The Hall–Kier alpha value is -0.590. The number of unbranched alkanes of at least 4 members (excludes halogenated alkanes) is 1. The number of anilines is 1. The van der Waals surface area contributed by atoms with Crippen LogP contribution in [0.15, 0.2) is 18.2 Å². The molecule has 1 aromatic rings. The van der Waals surface area contributed by atoms with E-state index in [0.717, 1.165) is 6.54 Å². The summed E-state index contributed by atoms with van der Waals surface area (Å²) in [5.74, 6) is 0. The third-order valence-electron chi connectivity index (χ3n) is 2.98. The molecule has 3 heteroatoms. The number of benzene rings is 1. The lowest BCUT2D eigenvalue weighted by Crippen LogP contribution is -2.21. The van der Waals surface area contributed by atoms with E-state index in [1.165, 1.54) is 35.9 Å². The maximum absolute atomic E-state index is 2.75. The molecule has 0 aromatic heterocycles. The highest BCUT2D eigenvalue weighted by molar-refractivity contribution is 7.27. The van der Waals surface area contributed by atoms with E-state index in [2.05, 4.69) is 65.3 Å².